The highest BCUT2D eigenvalue weighted by molar-refractivity contribution is 6.06. The molecule has 0 saturated heterocycles. The highest BCUT2D eigenvalue weighted by Crippen LogP contribution is 2.36. The number of primary amides is 1. The zero-order valence-electron chi connectivity index (χ0n) is 10.6. The van der Waals surface area contributed by atoms with E-state index in [0.29, 0.717) is 22.3 Å². The topological polar surface area (TPSA) is 69.4 Å². The number of esters is 1. The van der Waals surface area contributed by atoms with E-state index < -0.39 is 11.5 Å². The fourth-order valence-electron chi connectivity index (χ4n) is 1.89. The summed E-state index contributed by atoms with van der Waals surface area (Å²) in [5.74, 6) is -0.884. The fourth-order valence-corrected chi connectivity index (χ4v) is 1.89. The van der Waals surface area contributed by atoms with Gasteiger partial charge in [0.15, 0.2) is 0 Å². The van der Waals surface area contributed by atoms with E-state index in [4.69, 9.17) is 10.5 Å². The Hall–Kier alpha value is -2.10. The molecule has 0 aromatic carbocycles. The zero-order chi connectivity index (χ0) is 13.5. The van der Waals surface area contributed by atoms with Crippen LogP contribution in [0.15, 0.2) is 46.6 Å². The number of amides is 1. The summed E-state index contributed by atoms with van der Waals surface area (Å²) < 4.78 is 5.30. The second-order valence-corrected chi connectivity index (χ2v) is 5.19. The van der Waals surface area contributed by atoms with Crippen molar-refractivity contribution in [3.8, 4) is 0 Å². The molecule has 18 heavy (non-hydrogen) atoms. The monoisotopic (exact) mass is 245 g/mol. The summed E-state index contributed by atoms with van der Waals surface area (Å²) in [5.41, 5.74) is 7.01. The van der Waals surface area contributed by atoms with Crippen LogP contribution in [0.5, 0.6) is 0 Å². The van der Waals surface area contributed by atoms with Gasteiger partial charge in [-0.2, -0.15) is 0 Å². The van der Waals surface area contributed by atoms with Gasteiger partial charge in [0.05, 0.1) is 5.57 Å². The van der Waals surface area contributed by atoms with Gasteiger partial charge in [-0.15, -0.1) is 0 Å². The molecule has 4 heteroatoms. The van der Waals surface area contributed by atoms with Crippen LogP contribution in [0.2, 0.25) is 0 Å². The van der Waals surface area contributed by atoms with Crippen molar-refractivity contribution in [1.82, 2.24) is 0 Å². The highest BCUT2D eigenvalue weighted by atomic mass is 16.6. The number of allylic oxidation sites excluding steroid dienone is 4. The molecule has 0 saturated carbocycles. The summed E-state index contributed by atoms with van der Waals surface area (Å²) in [6.07, 6.45) is 6.72. The summed E-state index contributed by atoms with van der Waals surface area (Å²) in [6.45, 7) is 5.43. The predicted octanol–water partition coefficient (Wildman–Crippen LogP) is 1.55. The Labute approximate surface area is 105 Å². The van der Waals surface area contributed by atoms with E-state index in [1.807, 2.05) is 20.8 Å². The van der Waals surface area contributed by atoms with Crippen molar-refractivity contribution < 1.29 is 14.3 Å². The molecular weight excluding hydrogens is 230 g/mol. The summed E-state index contributed by atoms with van der Waals surface area (Å²) in [4.78, 5) is 23.2. The first kappa shape index (κ1) is 12.4. The maximum absolute atomic E-state index is 12.0. The Morgan fingerprint density at radius 2 is 1.50 bits per heavy atom. The van der Waals surface area contributed by atoms with Gasteiger partial charge >= 0.3 is 5.97 Å². The smallest absolute Gasteiger partial charge is 0.339 e. The van der Waals surface area contributed by atoms with E-state index >= 15 is 0 Å². The minimum atomic E-state index is -0.542. The molecule has 0 unspecified atom stereocenters. The van der Waals surface area contributed by atoms with E-state index in [9.17, 15) is 9.59 Å². The van der Waals surface area contributed by atoms with Crippen molar-refractivity contribution in [2.24, 2.45) is 5.73 Å². The third-order valence-corrected chi connectivity index (χ3v) is 2.59. The highest BCUT2D eigenvalue weighted by Gasteiger charge is 2.31. The predicted molar refractivity (Wildman–Crippen MR) is 67.4 cm³/mol. The SMILES string of the molecule is CC(C)(C)OC(=O)C1=CC=C2C(C(N)=O)=CC=C12. The van der Waals surface area contributed by atoms with Crippen molar-refractivity contribution in [1.29, 1.82) is 0 Å². The number of carbonyl (C=O) groups is 2. The van der Waals surface area contributed by atoms with Crippen molar-refractivity contribution in [3.63, 3.8) is 0 Å². The van der Waals surface area contributed by atoms with Crippen LogP contribution in [0.4, 0.5) is 0 Å². The first-order chi connectivity index (χ1) is 8.29. The maximum Gasteiger partial charge on any atom is 0.339 e. The van der Waals surface area contributed by atoms with Gasteiger partial charge in [-0.25, -0.2) is 4.79 Å². The van der Waals surface area contributed by atoms with Crippen molar-refractivity contribution in [2.45, 2.75) is 26.4 Å². The van der Waals surface area contributed by atoms with Gasteiger partial charge in [-0.3, -0.25) is 4.79 Å². The molecule has 2 aliphatic carbocycles. The van der Waals surface area contributed by atoms with Gasteiger partial charge in [-0.1, -0.05) is 12.2 Å². The van der Waals surface area contributed by atoms with Crippen molar-refractivity contribution in [2.75, 3.05) is 0 Å². The van der Waals surface area contributed by atoms with Crippen LogP contribution >= 0.6 is 0 Å². The van der Waals surface area contributed by atoms with Gasteiger partial charge < -0.3 is 10.5 Å². The van der Waals surface area contributed by atoms with E-state index in [2.05, 4.69) is 0 Å². The summed E-state index contributed by atoms with van der Waals surface area (Å²) in [6, 6.07) is 0. The number of nitrogens with two attached hydrogens (primary N) is 1. The van der Waals surface area contributed by atoms with Crippen molar-refractivity contribution >= 4 is 11.9 Å². The van der Waals surface area contributed by atoms with Gasteiger partial charge in [0.2, 0.25) is 5.91 Å². The van der Waals surface area contributed by atoms with Crippen LogP contribution in [0, 0.1) is 0 Å². The normalized spacial score (nSPS) is 17.5. The van der Waals surface area contributed by atoms with Gasteiger partial charge in [-0.05, 0) is 44.1 Å². The molecule has 0 atom stereocenters. The van der Waals surface area contributed by atoms with Crippen LogP contribution < -0.4 is 5.73 Å². The van der Waals surface area contributed by atoms with Gasteiger partial charge in [0.1, 0.15) is 5.60 Å². The molecule has 0 aromatic heterocycles. The number of carbonyl (C=O) groups excluding carboxylic acids is 2. The Morgan fingerprint density at radius 3 is 2.00 bits per heavy atom. The number of hydrogen-bond acceptors (Lipinski definition) is 3. The molecule has 2 N–H and O–H groups in total. The number of fused-ring (bicyclic) bond motifs is 1. The average Bonchev–Trinajstić information content (AvgIpc) is 2.71. The van der Waals surface area contributed by atoms with Gasteiger partial charge in [0, 0.05) is 5.57 Å². The van der Waals surface area contributed by atoms with Crippen LogP contribution in [0.1, 0.15) is 20.8 Å². The molecule has 94 valence electrons. The standard InChI is InChI=1S/C14H15NO3/c1-14(2,3)18-13(17)11-7-5-8-9(11)4-6-10(8)12(15)16/h4-7H,1-3H3,(H2,15,16). The van der Waals surface area contributed by atoms with E-state index in [-0.39, 0.29) is 5.97 Å². The molecule has 0 spiro atoms. The molecule has 1 amide bonds. The lowest BCUT2D eigenvalue weighted by molar-refractivity contribution is -0.149. The maximum atomic E-state index is 12.0. The first-order valence-corrected chi connectivity index (χ1v) is 5.68. The number of rotatable bonds is 2. The molecule has 0 heterocycles. The van der Waals surface area contributed by atoms with Crippen molar-refractivity contribution in [3.05, 3.63) is 46.6 Å². The third kappa shape index (κ3) is 2.14. The second-order valence-electron chi connectivity index (χ2n) is 5.19. The summed E-state index contributed by atoms with van der Waals surface area (Å²) in [7, 11) is 0. The quantitative estimate of drug-likeness (QED) is 0.750. The largest absolute Gasteiger partial charge is 0.456 e. The van der Waals surface area contributed by atoms with Gasteiger partial charge in [0.25, 0.3) is 0 Å². The average molecular weight is 245 g/mol. The fraction of sp³-hybridized carbons (Fsp3) is 0.286. The van der Waals surface area contributed by atoms with E-state index in [0.717, 1.165) is 0 Å². The molecule has 0 bridgehead atoms. The first-order valence-electron chi connectivity index (χ1n) is 5.68. The Bertz CT molecular complexity index is 554. The molecule has 0 aromatic rings. The molecule has 0 radical (unpaired) electrons. The number of ether oxygens (including phenoxy) is 1. The molecule has 0 aliphatic heterocycles. The summed E-state index contributed by atoms with van der Waals surface area (Å²) in [5, 5.41) is 0. The summed E-state index contributed by atoms with van der Waals surface area (Å²) >= 11 is 0. The molecule has 2 rings (SSSR count). The number of hydrogen-bond donors (Lipinski definition) is 1. The van der Waals surface area contributed by atoms with Crippen LogP contribution in [-0.2, 0) is 14.3 Å². The third-order valence-electron chi connectivity index (χ3n) is 2.59. The lowest BCUT2D eigenvalue weighted by Crippen LogP contribution is -2.25. The Kier molecular flexibility index (Phi) is 2.73. The molecule has 4 nitrogen and oxygen atoms in total. The Morgan fingerprint density at radius 1 is 1.00 bits per heavy atom. The second kappa shape index (κ2) is 3.98. The lowest BCUT2D eigenvalue weighted by atomic mass is 10.0. The zero-order valence-corrected chi connectivity index (χ0v) is 10.6. The Balaban J connectivity index is 2.16. The van der Waals surface area contributed by atoms with Crippen LogP contribution in [0.25, 0.3) is 0 Å². The minimum absolute atomic E-state index is 0.390. The molecular formula is C14H15NO3. The van der Waals surface area contributed by atoms with Crippen LogP contribution in [0.3, 0.4) is 0 Å². The van der Waals surface area contributed by atoms with E-state index in [1.54, 1.807) is 24.3 Å². The van der Waals surface area contributed by atoms with E-state index in [1.165, 1.54) is 0 Å². The minimum Gasteiger partial charge on any atom is -0.456 e. The molecule has 2 aliphatic rings. The lowest BCUT2D eigenvalue weighted by Gasteiger charge is -2.20. The van der Waals surface area contributed by atoms with Crippen LogP contribution in [-0.4, -0.2) is 17.5 Å². The molecule has 0 fully saturated rings.